The van der Waals surface area contributed by atoms with Crippen LogP contribution in [0.4, 0.5) is 5.82 Å². The first-order valence-corrected chi connectivity index (χ1v) is 10.4. The van der Waals surface area contributed by atoms with Gasteiger partial charge < -0.3 is 15.2 Å². The minimum Gasteiger partial charge on any atom is -0.354 e. The number of piperazine rings is 1. The van der Waals surface area contributed by atoms with Crippen LogP contribution < -0.4 is 10.2 Å². The third-order valence-corrected chi connectivity index (χ3v) is 5.80. The molecular formula is C24H26N6. The standard InChI is InChI=1S/C24H26N6/c1-15-10-19(11-16(2)28-15)24-17(3)20-14-26-21(12-22(20)29-24)18-4-5-23(27-13-18)30-8-6-25-7-9-30/h4-5,10-14,25,29H,6-9H2,1-3H3. The van der Waals surface area contributed by atoms with Gasteiger partial charge in [0.25, 0.3) is 0 Å². The van der Waals surface area contributed by atoms with E-state index in [1.165, 1.54) is 5.56 Å². The van der Waals surface area contributed by atoms with E-state index in [9.17, 15) is 0 Å². The Balaban J connectivity index is 1.49. The van der Waals surface area contributed by atoms with E-state index < -0.39 is 0 Å². The SMILES string of the molecule is Cc1cc(-c2[nH]c3cc(-c4ccc(N5CCNCC5)nc4)ncc3c2C)cc(C)n1. The van der Waals surface area contributed by atoms with E-state index in [4.69, 9.17) is 4.98 Å². The van der Waals surface area contributed by atoms with Crippen LogP contribution in [0.25, 0.3) is 33.4 Å². The summed E-state index contributed by atoms with van der Waals surface area (Å²) in [5.74, 6) is 1.03. The molecule has 0 saturated carbocycles. The van der Waals surface area contributed by atoms with Gasteiger partial charge in [0.05, 0.1) is 5.69 Å². The minimum absolute atomic E-state index is 0.928. The zero-order valence-corrected chi connectivity index (χ0v) is 17.7. The fourth-order valence-electron chi connectivity index (χ4n) is 4.26. The van der Waals surface area contributed by atoms with Crippen LogP contribution in [-0.4, -0.2) is 46.1 Å². The zero-order chi connectivity index (χ0) is 20.7. The average Bonchev–Trinajstić information content (AvgIpc) is 3.10. The second-order valence-corrected chi connectivity index (χ2v) is 8.02. The molecule has 30 heavy (non-hydrogen) atoms. The number of aromatic amines is 1. The number of aryl methyl sites for hydroxylation is 3. The number of hydrogen-bond donors (Lipinski definition) is 2. The van der Waals surface area contributed by atoms with Crippen LogP contribution >= 0.6 is 0 Å². The summed E-state index contributed by atoms with van der Waals surface area (Å²) in [6.07, 6.45) is 3.89. The Morgan fingerprint density at radius 1 is 0.867 bits per heavy atom. The summed E-state index contributed by atoms with van der Waals surface area (Å²) in [7, 11) is 0. The van der Waals surface area contributed by atoms with E-state index in [1.54, 1.807) is 0 Å². The molecule has 6 heteroatoms. The largest absolute Gasteiger partial charge is 0.354 e. The summed E-state index contributed by atoms with van der Waals surface area (Å²) in [5, 5.41) is 4.52. The third kappa shape index (κ3) is 3.44. The Morgan fingerprint density at radius 3 is 2.33 bits per heavy atom. The topological polar surface area (TPSA) is 69.7 Å². The number of aromatic nitrogens is 4. The molecule has 0 bridgehead atoms. The molecule has 4 aromatic heterocycles. The molecule has 2 N–H and O–H groups in total. The van der Waals surface area contributed by atoms with Gasteiger partial charge in [0, 0.05) is 77.7 Å². The highest BCUT2D eigenvalue weighted by Crippen LogP contribution is 2.32. The van der Waals surface area contributed by atoms with Crippen molar-refractivity contribution in [3.8, 4) is 22.5 Å². The number of H-pyrrole nitrogens is 1. The predicted octanol–water partition coefficient (Wildman–Crippen LogP) is 4.02. The van der Waals surface area contributed by atoms with Crippen molar-refractivity contribution in [2.24, 2.45) is 0 Å². The number of hydrogen-bond acceptors (Lipinski definition) is 5. The molecule has 0 amide bonds. The van der Waals surface area contributed by atoms with Crippen LogP contribution in [-0.2, 0) is 0 Å². The fraction of sp³-hybridized carbons (Fsp3) is 0.292. The second kappa shape index (κ2) is 7.54. The van der Waals surface area contributed by atoms with E-state index in [2.05, 4.69) is 62.4 Å². The van der Waals surface area contributed by atoms with Gasteiger partial charge in [-0.25, -0.2) is 4.98 Å². The predicted molar refractivity (Wildman–Crippen MR) is 122 cm³/mol. The van der Waals surface area contributed by atoms with E-state index in [0.29, 0.717) is 0 Å². The van der Waals surface area contributed by atoms with Crippen molar-refractivity contribution in [1.82, 2.24) is 25.3 Å². The second-order valence-electron chi connectivity index (χ2n) is 8.02. The summed E-state index contributed by atoms with van der Waals surface area (Å²) in [5.41, 5.74) is 8.60. The van der Waals surface area contributed by atoms with Crippen LogP contribution in [0, 0.1) is 20.8 Å². The molecule has 4 aromatic rings. The normalized spacial score (nSPS) is 14.4. The van der Waals surface area contributed by atoms with Gasteiger partial charge in [-0.15, -0.1) is 0 Å². The highest BCUT2D eigenvalue weighted by molar-refractivity contribution is 5.91. The Kier molecular flexibility index (Phi) is 4.71. The smallest absolute Gasteiger partial charge is 0.128 e. The molecule has 1 aliphatic heterocycles. The monoisotopic (exact) mass is 398 g/mol. The maximum atomic E-state index is 4.73. The summed E-state index contributed by atoms with van der Waals surface area (Å²) < 4.78 is 0. The average molecular weight is 399 g/mol. The van der Waals surface area contributed by atoms with Crippen molar-refractivity contribution >= 4 is 16.7 Å². The Bertz CT molecular complexity index is 1180. The lowest BCUT2D eigenvalue weighted by atomic mass is 10.1. The Morgan fingerprint density at radius 2 is 1.63 bits per heavy atom. The lowest BCUT2D eigenvalue weighted by Gasteiger charge is -2.28. The van der Waals surface area contributed by atoms with Crippen LogP contribution in [0.3, 0.4) is 0 Å². The van der Waals surface area contributed by atoms with Gasteiger partial charge in [-0.3, -0.25) is 9.97 Å². The summed E-state index contributed by atoms with van der Waals surface area (Å²) in [6.45, 7) is 10.2. The van der Waals surface area contributed by atoms with Gasteiger partial charge in [0.15, 0.2) is 0 Å². The van der Waals surface area contributed by atoms with Gasteiger partial charge in [-0.2, -0.15) is 0 Å². The fourth-order valence-corrected chi connectivity index (χ4v) is 4.26. The quantitative estimate of drug-likeness (QED) is 0.545. The van der Waals surface area contributed by atoms with Crippen molar-refractivity contribution in [2.45, 2.75) is 20.8 Å². The van der Waals surface area contributed by atoms with E-state index in [-0.39, 0.29) is 0 Å². The lowest BCUT2D eigenvalue weighted by molar-refractivity contribution is 0.585. The molecule has 0 aliphatic carbocycles. The summed E-state index contributed by atoms with van der Waals surface area (Å²) >= 11 is 0. The van der Waals surface area contributed by atoms with Crippen molar-refractivity contribution in [3.63, 3.8) is 0 Å². The number of fused-ring (bicyclic) bond motifs is 1. The van der Waals surface area contributed by atoms with Crippen molar-refractivity contribution in [3.05, 3.63) is 59.7 Å². The first-order valence-electron chi connectivity index (χ1n) is 10.4. The summed E-state index contributed by atoms with van der Waals surface area (Å²) in [4.78, 5) is 19.8. The number of anilines is 1. The molecule has 152 valence electrons. The molecule has 0 atom stereocenters. The van der Waals surface area contributed by atoms with Gasteiger partial charge in [0.2, 0.25) is 0 Å². The Labute approximate surface area is 176 Å². The van der Waals surface area contributed by atoms with Crippen molar-refractivity contribution in [1.29, 1.82) is 0 Å². The molecule has 0 spiro atoms. The maximum absolute atomic E-state index is 4.73. The highest BCUT2D eigenvalue weighted by Gasteiger charge is 2.14. The minimum atomic E-state index is 0.928. The maximum Gasteiger partial charge on any atom is 0.128 e. The molecule has 0 aromatic carbocycles. The molecule has 6 nitrogen and oxygen atoms in total. The molecule has 5 heterocycles. The number of nitrogens with one attached hydrogen (secondary N) is 2. The van der Waals surface area contributed by atoms with Gasteiger partial charge in [0.1, 0.15) is 5.82 Å². The number of rotatable bonds is 3. The molecule has 0 radical (unpaired) electrons. The molecule has 1 aliphatic rings. The van der Waals surface area contributed by atoms with E-state index >= 15 is 0 Å². The van der Waals surface area contributed by atoms with Crippen molar-refractivity contribution in [2.75, 3.05) is 31.1 Å². The van der Waals surface area contributed by atoms with Crippen LogP contribution in [0.1, 0.15) is 17.0 Å². The van der Waals surface area contributed by atoms with Crippen LogP contribution in [0.15, 0.2) is 42.7 Å². The van der Waals surface area contributed by atoms with Gasteiger partial charge in [-0.05, 0) is 56.7 Å². The first-order chi connectivity index (χ1) is 14.6. The molecule has 5 rings (SSSR count). The highest BCUT2D eigenvalue weighted by atomic mass is 15.2. The third-order valence-electron chi connectivity index (χ3n) is 5.80. The molecular weight excluding hydrogens is 372 g/mol. The molecule has 0 unspecified atom stereocenters. The van der Waals surface area contributed by atoms with E-state index in [1.807, 2.05) is 26.2 Å². The molecule has 1 fully saturated rings. The number of pyridine rings is 3. The van der Waals surface area contributed by atoms with E-state index in [0.717, 1.165) is 76.8 Å². The van der Waals surface area contributed by atoms with Crippen LogP contribution in [0.2, 0.25) is 0 Å². The van der Waals surface area contributed by atoms with Crippen molar-refractivity contribution < 1.29 is 0 Å². The Hall–Kier alpha value is -3.25. The lowest BCUT2D eigenvalue weighted by Crippen LogP contribution is -2.43. The van der Waals surface area contributed by atoms with Gasteiger partial charge >= 0.3 is 0 Å². The van der Waals surface area contributed by atoms with Crippen LogP contribution in [0.5, 0.6) is 0 Å². The number of nitrogens with zero attached hydrogens (tertiary/aromatic N) is 4. The molecule has 1 saturated heterocycles. The zero-order valence-electron chi connectivity index (χ0n) is 17.7. The summed E-state index contributed by atoms with van der Waals surface area (Å²) in [6, 6.07) is 10.6. The van der Waals surface area contributed by atoms with Gasteiger partial charge in [-0.1, -0.05) is 0 Å². The first kappa shape index (κ1) is 18.8.